The Hall–Kier alpha value is -3.77. The van der Waals surface area contributed by atoms with Crippen LogP contribution in [0.25, 0.3) is 0 Å². The molecular weight excluding hydrogens is 558 g/mol. The van der Waals surface area contributed by atoms with Crippen molar-refractivity contribution < 1.29 is 50.2 Å². The molecule has 0 spiro atoms. The van der Waals surface area contributed by atoms with Crippen molar-refractivity contribution in [3.05, 3.63) is 64.2 Å². The molecule has 1 fully saturated rings. The molecule has 2 aromatic carbocycles. The lowest BCUT2D eigenvalue weighted by Gasteiger charge is -2.44. The van der Waals surface area contributed by atoms with Gasteiger partial charge in [0, 0.05) is 18.2 Å². The van der Waals surface area contributed by atoms with E-state index in [1.807, 2.05) is 0 Å². The second-order valence-corrected chi connectivity index (χ2v) is 10.1. The molecular formula is C28H28F6N2O5. The van der Waals surface area contributed by atoms with Crippen molar-refractivity contribution in [2.24, 2.45) is 5.92 Å². The van der Waals surface area contributed by atoms with Crippen molar-refractivity contribution in [3.63, 3.8) is 0 Å². The summed E-state index contributed by atoms with van der Waals surface area (Å²) in [5.41, 5.74) is -2.56. The predicted molar refractivity (Wildman–Crippen MR) is 134 cm³/mol. The lowest BCUT2D eigenvalue weighted by Crippen LogP contribution is -2.50. The molecule has 2 aliphatic rings. The molecule has 0 radical (unpaired) electrons. The summed E-state index contributed by atoms with van der Waals surface area (Å²) >= 11 is 0. The largest absolute Gasteiger partial charge is 0.453 e. The number of nitrogens with zero attached hydrogens (tertiary/aromatic N) is 2. The van der Waals surface area contributed by atoms with Crippen molar-refractivity contribution in [1.82, 2.24) is 4.90 Å². The van der Waals surface area contributed by atoms with Gasteiger partial charge >= 0.3 is 24.5 Å². The van der Waals surface area contributed by atoms with E-state index in [1.165, 1.54) is 30.0 Å². The molecule has 4 rings (SSSR count). The molecule has 1 saturated carbocycles. The van der Waals surface area contributed by atoms with Gasteiger partial charge in [-0.25, -0.2) is 9.59 Å². The molecule has 0 aromatic heterocycles. The van der Waals surface area contributed by atoms with E-state index in [9.17, 15) is 40.7 Å². The van der Waals surface area contributed by atoms with Gasteiger partial charge in [0.15, 0.2) is 5.78 Å². The molecule has 0 bridgehead atoms. The van der Waals surface area contributed by atoms with Gasteiger partial charge in [-0.15, -0.1) is 0 Å². The van der Waals surface area contributed by atoms with Gasteiger partial charge < -0.3 is 9.47 Å². The van der Waals surface area contributed by atoms with E-state index in [0.29, 0.717) is 23.4 Å². The van der Waals surface area contributed by atoms with Gasteiger partial charge in [0.2, 0.25) is 0 Å². The highest BCUT2D eigenvalue weighted by atomic mass is 19.4. The van der Waals surface area contributed by atoms with Gasteiger partial charge in [0.25, 0.3) is 0 Å². The molecule has 2 atom stereocenters. The number of carbonyl (C=O) groups excluding carboxylic acids is 3. The maximum atomic E-state index is 13.5. The summed E-state index contributed by atoms with van der Waals surface area (Å²) in [6.45, 7) is 2.38. The number of Topliss-reactive ketones (excluding diaryl/α,β-unsaturated/α-hetero) is 1. The highest BCUT2D eigenvalue weighted by Gasteiger charge is 2.47. The van der Waals surface area contributed by atoms with Gasteiger partial charge in [0.1, 0.15) is 0 Å². The van der Waals surface area contributed by atoms with Crippen molar-refractivity contribution in [3.8, 4) is 0 Å². The van der Waals surface area contributed by atoms with Crippen molar-refractivity contribution in [1.29, 1.82) is 0 Å². The number of anilines is 1. The third kappa shape index (κ3) is 6.43. The number of hydrogen-bond acceptors (Lipinski definition) is 5. The van der Waals surface area contributed by atoms with Gasteiger partial charge in [0.05, 0.1) is 36.6 Å². The van der Waals surface area contributed by atoms with Crippen LogP contribution in [0.1, 0.15) is 71.8 Å². The molecule has 1 aliphatic heterocycles. The SMILES string of the molecule is CCOC(=O)N1c2ccc(C(C)=O)cc2[C@@H](N(Cc2cc(C(F)(F)F)cc(C(F)(F)F)c2)C(=O)OC)C[C@H]1C1CC1. The second-order valence-electron chi connectivity index (χ2n) is 10.1. The number of amides is 2. The lowest BCUT2D eigenvalue weighted by atomic mass is 9.86. The molecule has 2 amide bonds. The molecule has 13 heteroatoms. The van der Waals surface area contributed by atoms with E-state index in [0.717, 1.165) is 24.9 Å². The van der Waals surface area contributed by atoms with Crippen LogP contribution in [0.3, 0.4) is 0 Å². The quantitative estimate of drug-likeness (QED) is 0.261. The summed E-state index contributed by atoms with van der Waals surface area (Å²) in [6.07, 6.45) is -10.1. The van der Waals surface area contributed by atoms with E-state index >= 15 is 0 Å². The van der Waals surface area contributed by atoms with Gasteiger partial charge in [-0.3, -0.25) is 14.6 Å². The summed E-state index contributed by atoms with van der Waals surface area (Å²) in [6, 6.07) is 4.22. The van der Waals surface area contributed by atoms with Crippen molar-refractivity contribution in [2.75, 3.05) is 18.6 Å². The molecule has 0 N–H and O–H groups in total. The van der Waals surface area contributed by atoms with E-state index < -0.39 is 59.9 Å². The zero-order chi connectivity index (χ0) is 30.3. The number of alkyl halides is 6. The molecule has 1 heterocycles. The minimum absolute atomic E-state index is 0.0153. The molecule has 0 saturated heterocycles. The molecule has 41 heavy (non-hydrogen) atoms. The smallest absolute Gasteiger partial charge is 0.416 e. The zero-order valence-corrected chi connectivity index (χ0v) is 22.4. The normalized spacial score (nSPS) is 18.9. The lowest BCUT2D eigenvalue weighted by molar-refractivity contribution is -0.143. The van der Waals surface area contributed by atoms with Crippen LogP contribution in [0.5, 0.6) is 0 Å². The van der Waals surface area contributed by atoms with Gasteiger partial charge in [-0.05, 0) is 86.6 Å². The number of hydrogen-bond donors (Lipinski definition) is 0. The first-order valence-electron chi connectivity index (χ1n) is 12.9. The third-order valence-corrected chi connectivity index (χ3v) is 7.27. The van der Waals surface area contributed by atoms with E-state index in [2.05, 4.69) is 0 Å². The minimum atomic E-state index is -5.07. The number of benzene rings is 2. The zero-order valence-electron chi connectivity index (χ0n) is 22.4. The molecule has 7 nitrogen and oxygen atoms in total. The third-order valence-electron chi connectivity index (χ3n) is 7.27. The molecule has 2 aromatic rings. The van der Waals surface area contributed by atoms with Crippen LogP contribution in [0.2, 0.25) is 0 Å². The highest BCUT2D eigenvalue weighted by molar-refractivity contribution is 5.96. The first kappa shape index (κ1) is 30.2. The number of ether oxygens (including phenoxy) is 2. The Labute approximate surface area is 232 Å². The summed E-state index contributed by atoms with van der Waals surface area (Å²) in [5.74, 6) is -0.289. The van der Waals surface area contributed by atoms with Crippen LogP contribution in [-0.4, -0.2) is 42.6 Å². The van der Waals surface area contributed by atoms with Crippen LogP contribution in [0.4, 0.5) is 41.6 Å². The number of ketones is 1. The van der Waals surface area contributed by atoms with Crippen LogP contribution >= 0.6 is 0 Å². The average Bonchev–Trinajstić information content (AvgIpc) is 3.74. The first-order chi connectivity index (χ1) is 19.1. The average molecular weight is 587 g/mol. The van der Waals surface area contributed by atoms with Crippen LogP contribution in [-0.2, 0) is 28.4 Å². The van der Waals surface area contributed by atoms with Gasteiger partial charge in [-0.1, -0.05) is 0 Å². The Morgan fingerprint density at radius 3 is 2.07 bits per heavy atom. The first-order valence-corrected chi connectivity index (χ1v) is 12.9. The van der Waals surface area contributed by atoms with Crippen LogP contribution < -0.4 is 4.90 Å². The highest BCUT2D eigenvalue weighted by Crippen LogP contribution is 2.49. The fourth-order valence-electron chi connectivity index (χ4n) is 5.23. The van der Waals surface area contributed by atoms with Crippen LogP contribution in [0, 0.1) is 5.92 Å². The Kier molecular flexibility index (Phi) is 8.28. The van der Waals surface area contributed by atoms with E-state index in [1.54, 1.807) is 6.92 Å². The number of methoxy groups -OCH3 is 1. The molecule has 1 aliphatic carbocycles. The number of fused-ring (bicyclic) bond motifs is 1. The van der Waals surface area contributed by atoms with E-state index in [-0.39, 0.29) is 36.4 Å². The monoisotopic (exact) mass is 586 g/mol. The fourth-order valence-corrected chi connectivity index (χ4v) is 5.23. The fraction of sp³-hybridized carbons (Fsp3) is 0.464. The topological polar surface area (TPSA) is 76.2 Å². The predicted octanol–water partition coefficient (Wildman–Crippen LogP) is 7.38. The molecule has 0 unspecified atom stereocenters. The number of rotatable bonds is 6. The molecule has 222 valence electrons. The maximum absolute atomic E-state index is 13.5. The second kappa shape index (κ2) is 11.2. The van der Waals surface area contributed by atoms with Crippen molar-refractivity contribution in [2.45, 2.75) is 64.1 Å². The Balaban J connectivity index is 1.87. The Bertz CT molecular complexity index is 1310. The number of halogens is 6. The number of carbonyl (C=O) groups is 3. The maximum Gasteiger partial charge on any atom is 0.416 e. The van der Waals surface area contributed by atoms with Crippen LogP contribution in [0.15, 0.2) is 36.4 Å². The Morgan fingerprint density at radius 2 is 1.59 bits per heavy atom. The summed E-state index contributed by atoms with van der Waals surface area (Å²) in [5, 5.41) is 0. The van der Waals surface area contributed by atoms with Gasteiger partial charge in [-0.2, -0.15) is 26.3 Å². The minimum Gasteiger partial charge on any atom is -0.453 e. The van der Waals surface area contributed by atoms with Crippen molar-refractivity contribution >= 4 is 23.7 Å². The van der Waals surface area contributed by atoms with E-state index in [4.69, 9.17) is 9.47 Å². The summed E-state index contributed by atoms with van der Waals surface area (Å²) in [4.78, 5) is 40.9. The standard InChI is InChI=1S/C28H28F6N2O5/c1-4-41-26(39)36-22-8-7-18(15(2)37)11-21(22)24(13-23(36)17-5-6-17)35(25(38)40-3)14-16-9-19(27(29,30)31)12-20(10-16)28(32,33)34/h7-12,17,23-24H,4-6,13-14H2,1-3H3/t23-,24-/m0/s1. The summed E-state index contributed by atoms with van der Waals surface area (Å²) in [7, 11) is 1.04. The summed E-state index contributed by atoms with van der Waals surface area (Å²) < 4.78 is 91.5. The Morgan fingerprint density at radius 1 is 0.976 bits per heavy atom.